The summed E-state index contributed by atoms with van der Waals surface area (Å²) in [5.41, 5.74) is 5.68. The van der Waals surface area contributed by atoms with Gasteiger partial charge in [0.15, 0.2) is 0 Å². The average molecular weight is 391 g/mol. The van der Waals surface area contributed by atoms with Crippen molar-refractivity contribution >= 4 is 0 Å². The van der Waals surface area contributed by atoms with E-state index in [9.17, 15) is 5.26 Å². The van der Waals surface area contributed by atoms with Gasteiger partial charge in [0.2, 0.25) is 0 Å². The lowest BCUT2D eigenvalue weighted by Gasteiger charge is -2.33. The molecule has 0 unspecified atom stereocenters. The smallest absolute Gasteiger partial charge is 0.0991 e. The molecule has 1 aliphatic heterocycles. The molecule has 1 heterocycles. The van der Waals surface area contributed by atoms with E-state index in [-0.39, 0.29) is 0 Å². The van der Waals surface area contributed by atoms with E-state index in [2.05, 4.69) is 69.0 Å². The maximum absolute atomic E-state index is 9.34. The Labute approximate surface area is 178 Å². The standard InChI is InChI=1S/C25H32N2.C2H6/c1-18(2)22-9-11-27(12-10-22)17-20-5-7-23(8-6-20)25-14-21(16-26)13-24(15-25)19(3)4;1-2/h5-8,13-15,18-19,22H,9-12,17H2,1-4H3;1-2H3. The highest BCUT2D eigenvalue weighted by Crippen LogP contribution is 2.28. The van der Waals surface area contributed by atoms with Gasteiger partial charge >= 0.3 is 0 Å². The van der Waals surface area contributed by atoms with Crippen LogP contribution in [0.15, 0.2) is 42.5 Å². The first kappa shape index (κ1) is 23.2. The highest BCUT2D eigenvalue weighted by Gasteiger charge is 2.21. The molecule has 0 amide bonds. The molecule has 0 N–H and O–H groups in total. The predicted molar refractivity (Wildman–Crippen MR) is 125 cm³/mol. The molecular formula is C27H38N2. The van der Waals surface area contributed by atoms with Crippen molar-refractivity contribution in [1.29, 1.82) is 5.26 Å². The summed E-state index contributed by atoms with van der Waals surface area (Å²) < 4.78 is 0. The van der Waals surface area contributed by atoms with Gasteiger partial charge in [-0.05, 0) is 78.1 Å². The molecule has 0 aliphatic carbocycles. The second-order valence-electron chi connectivity index (χ2n) is 8.66. The molecule has 1 saturated heterocycles. The summed E-state index contributed by atoms with van der Waals surface area (Å²) in [5.74, 6) is 2.13. The van der Waals surface area contributed by atoms with Crippen molar-refractivity contribution in [2.45, 2.75) is 66.8 Å². The SMILES string of the molecule is CC.CC(C)c1cc(C#N)cc(-c2ccc(CN3CCC(C(C)C)CC3)cc2)c1. The number of likely N-dealkylation sites (tertiary alicyclic amines) is 1. The third kappa shape index (κ3) is 6.44. The zero-order valence-corrected chi connectivity index (χ0v) is 19.2. The van der Waals surface area contributed by atoms with Gasteiger partial charge in [-0.15, -0.1) is 0 Å². The molecule has 0 aromatic heterocycles. The van der Waals surface area contributed by atoms with Crippen LogP contribution in [0.4, 0.5) is 0 Å². The zero-order valence-electron chi connectivity index (χ0n) is 19.2. The van der Waals surface area contributed by atoms with Gasteiger partial charge in [0.1, 0.15) is 0 Å². The van der Waals surface area contributed by atoms with Crippen molar-refractivity contribution in [1.82, 2.24) is 4.90 Å². The third-order valence-electron chi connectivity index (χ3n) is 6.02. The Bertz CT molecular complexity index is 788. The minimum atomic E-state index is 0.421. The number of benzene rings is 2. The summed E-state index contributed by atoms with van der Waals surface area (Å²) in [6, 6.07) is 17.4. The predicted octanol–water partition coefficient (Wildman–Crippen LogP) is 7.24. The quantitative estimate of drug-likeness (QED) is 0.538. The summed E-state index contributed by atoms with van der Waals surface area (Å²) in [7, 11) is 0. The van der Waals surface area contributed by atoms with E-state index in [4.69, 9.17) is 0 Å². The first-order valence-corrected chi connectivity index (χ1v) is 11.3. The van der Waals surface area contributed by atoms with Crippen LogP contribution >= 0.6 is 0 Å². The monoisotopic (exact) mass is 390 g/mol. The Kier molecular flexibility index (Phi) is 8.93. The van der Waals surface area contributed by atoms with E-state index in [1.807, 2.05) is 26.0 Å². The molecule has 0 saturated carbocycles. The molecule has 1 fully saturated rings. The van der Waals surface area contributed by atoms with E-state index in [1.54, 1.807) is 0 Å². The van der Waals surface area contributed by atoms with Gasteiger partial charge < -0.3 is 0 Å². The van der Waals surface area contributed by atoms with E-state index < -0.39 is 0 Å². The second kappa shape index (κ2) is 11.2. The molecule has 0 spiro atoms. The van der Waals surface area contributed by atoms with Crippen LogP contribution in [0.25, 0.3) is 11.1 Å². The Morgan fingerprint density at radius 3 is 2.07 bits per heavy atom. The lowest BCUT2D eigenvalue weighted by atomic mass is 9.86. The van der Waals surface area contributed by atoms with Crippen molar-refractivity contribution in [2.75, 3.05) is 13.1 Å². The number of nitrogens with zero attached hydrogens (tertiary/aromatic N) is 2. The van der Waals surface area contributed by atoms with Crippen molar-refractivity contribution < 1.29 is 0 Å². The lowest BCUT2D eigenvalue weighted by molar-refractivity contribution is 0.152. The van der Waals surface area contributed by atoms with Crippen LogP contribution in [-0.2, 0) is 6.54 Å². The summed E-state index contributed by atoms with van der Waals surface area (Å²) in [6.45, 7) is 16.5. The second-order valence-corrected chi connectivity index (χ2v) is 8.66. The van der Waals surface area contributed by atoms with E-state index in [0.29, 0.717) is 5.92 Å². The Balaban J connectivity index is 0.00000145. The summed E-state index contributed by atoms with van der Waals surface area (Å²) in [5, 5.41) is 9.34. The summed E-state index contributed by atoms with van der Waals surface area (Å²) in [4.78, 5) is 2.58. The van der Waals surface area contributed by atoms with Crippen LogP contribution < -0.4 is 0 Å². The van der Waals surface area contributed by atoms with Crippen LogP contribution in [0.2, 0.25) is 0 Å². The van der Waals surface area contributed by atoms with Crippen LogP contribution in [0.1, 0.15) is 77.0 Å². The number of hydrogen-bond acceptors (Lipinski definition) is 2. The molecule has 2 aromatic carbocycles. The minimum absolute atomic E-state index is 0.421. The molecule has 2 nitrogen and oxygen atoms in total. The highest BCUT2D eigenvalue weighted by atomic mass is 15.1. The number of hydrogen-bond donors (Lipinski definition) is 0. The van der Waals surface area contributed by atoms with Crippen LogP contribution in [-0.4, -0.2) is 18.0 Å². The van der Waals surface area contributed by atoms with Crippen molar-refractivity contribution in [3.05, 3.63) is 59.2 Å². The highest BCUT2D eigenvalue weighted by molar-refractivity contribution is 5.66. The summed E-state index contributed by atoms with van der Waals surface area (Å²) >= 11 is 0. The summed E-state index contributed by atoms with van der Waals surface area (Å²) in [6.07, 6.45) is 2.66. The largest absolute Gasteiger partial charge is 0.299 e. The van der Waals surface area contributed by atoms with Crippen LogP contribution in [0.5, 0.6) is 0 Å². The van der Waals surface area contributed by atoms with Gasteiger partial charge in [0, 0.05) is 6.54 Å². The van der Waals surface area contributed by atoms with Gasteiger partial charge in [0.05, 0.1) is 11.6 Å². The molecule has 29 heavy (non-hydrogen) atoms. The van der Waals surface area contributed by atoms with Crippen molar-refractivity contribution in [3.8, 4) is 17.2 Å². The van der Waals surface area contributed by atoms with Gasteiger partial charge in [-0.1, -0.05) is 71.9 Å². The molecule has 2 aromatic rings. The normalized spacial score (nSPS) is 15.1. The van der Waals surface area contributed by atoms with Crippen molar-refractivity contribution in [2.24, 2.45) is 11.8 Å². The molecule has 0 atom stereocenters. The van der Waals surface area contributed by atoms with E-state index >= 15 is 0 Å². The molecule has 3 rings (SSSR count). The third-order valence-corrected chi connectivity index (χ3v) is 6.02. The Morgan fingerprint density at radius 2 is 1.55 bits per heavy atom. The maximum Gasteiger partial charge on any atom is 0.0991 e. The minimum Gasteiger partial charge on any atom is -0.299 e. The number of piperidine rings is 1. The molecule has 0 bridgehead atoms. The van der Waals surface area contributed by atoms with E-state index in [1.165, 1.54) is 42.6 Å². The Morgan fingerprint density at radius 1 is 0.931 bits per heavy atom. The number of rotatable bonds is 5. The fourth-order valence-electron chi connectivity index (χ4n) is 4.05. The molecule has 156 valence electrons. The topological polar surface area (TPSA) is 27.0 Å². The fraction of sp³-hybridized carbons (Fsp3) is 0.519. The molecule has 2 heteroatoms. The average Bonchev–Trinajstić information content (AvgIpc) is 2.75. The first-order valence-electron chi connectivity index (χ1n) is 11.3. The van der Waals surface area contributed by atoms with Gasteiger partial charge in [0.25, 0.3) is 0 Å². The van der Waals surface area contributed by atoms with Gasteiger partial charge in [-0.25, -0.2) is 0 Å². The Hall–Kier alpha value is -2.11. The van der Waals surface area contributed by atoms with Gasteiger partial charge in [-0.3, -0.25) is 4.90 Å². The lowest BCUT2D eigenvalue weighted by Crippen LogP contribution is -2.34. The van der Waals surface area contributed by atoms with Gasteiger partial charge in [-0.2, -0.15) is 5.26 Å². The zero-order chi connectivity index (χ0) is 21.4. The van der Waals surface area contributed by atoms with Crippen LogP contribution in [0, 0.1) is 23.2 Å². The van der Waals surface area contributed by atoms with Crippen molar-refractivity contribution in [3.63, 3.8) is 0 Å². The van der Waals surface area contributed by atoms with E-state index in [0.717, 1.165) is 29.5 Å². The number of nitriles is 1. The molecular weight excluding hydrogens is 352 g/mol. The van der Waals surface area contributed by atoms with Crippen LogP contribution in [0.3, 0.4) is 0 Å². The maximum atomic E-state index is 9.34. The molecule has 0 radical (unpaired) electrons. The molecule has 1 aliphatic rings. The first-order chi connectivity index (χ1) is 14.0. The fourth-order valence-corrected chi connectivity index (χ4v) is 4.05.